The monoisotopic (exact) mass is 467 g/mol. The van der Waals surface area contributed by atoms with Crippen LogP contribution in [0.4, 0.5) is 17.6 Å². The molecule has 2 aromatic carbocycles. The van der Waals surface area contributed by atoms with Gasteiger partial charge in [0.2, 0.25) is 11.9 Å². The Balaban J connectivity index is 1.65. The summed E-state index contributed by atoms with van der Waals surface area (Å²) in [6.45, 7) is 5.88. The molecule has 2 aromatic heterocycles. The first kappa shape index (κ1) is 22.0. The van der Waals surface area contributed by atoms with Gasteiger partial charge in [0.15, 0.2) is 5.16 Å². The smallest absolute Gasteiger partial charge is 0.262 e. The average molecular weight is 468 g/mol. The predicted octanol–water partition coefficient (Wildman–Crippen LogP) is 4.74. The first-order valence-corrected chi connectivity index (χ1v) is 11.4. The average Bonchev–Trinajstić information content (AvgIpc) is 2.73. The van der Waals surface area contributed by atoms with Gasteiger partial charge >= 0.3 is 0 Å². The number of aromatic nitrogens is 5. The number of nitrogens with zero attached hydrogens (tertiary/aromatic N) is 5. The molecule has 0 spiro atoms. The SMILES string of the molecule is Cc1ccccc1Nc1nc(N)nc(CSc2nc3cc(Cl)ccc3c(=O)n2C(C)C)n1. The lowest BCUT2D eigenvalue weighted by molar-refractivity contribution is 0.519. The van der Waals surface area contributed by atoms with Crippen molar-refractivity contribution in [1.29, 1.82) is 0 Å². The second-order valence-corrected chi connectivity index (χ2v) is 8.87. The number of hydrogen-bond donors (Lipinski definition) is 2. The lowest BCUT2D eigenvalue weighted by atomic mass is 10.2. The molecule has 164 valence electrons. The minimum absolute atomic E-state index is 0.0701. The standard InChI is InChI=1S/C22H22ClN7OS/c1-12(2)30-19(31)15-9-8-14(23)10-17(15)26-22(30)32-11-18-27-20(24)29-21(28-18)25-16-7-5-4-6-13(16)3/h4-10,12H,11H2,1-3H3,(H3,24,25,27,28,29). The van der Waals surface area contributed by atoms with Crippen LogP contribution in [0.5, 0.6) is 0 Å². The fourth-order valence-electron chi connectivity index (χ4n) is 3.23. The molecule has 0 saturated carbocycles. The minimum atomic E-state index is -0.110. The van der Waals surface area contributed by atoms with E-state index in [-0.39, 0.29) is 17.5 Å². The van der Waals surface area contributed by atoms with Crippen LogP contribution < -0.4 is 16.6 Å². The molecule has 0 aliphatic heterocycles. The number of hydrogen-bond acceptors (Lipinski definition) is 8. The molecule has 0 unspecified atom stereocenters. The summed E-state index contributed by atoms with van der Waals surface area (Å²) in [7, 11) is 0. The molecule has 10 heteroatoms. The zero-order valence-corrected chi connectivity index (χ0v) is 19.4. The van der Waals surface area contributed by atoms with E-state index in [9.17, 15) is 4.79 Å². The van der Waals surface area contributed by atoms with E-state index < -0.39 is 0 Å². The third-order valence-electron chi connectivity index (χ3n) is 4.77. The van der Waals surface area contributed by atoms with Crippen LogP contribution in [-0.4, -0.2) is 24.5 Å². The molecule has 0 radical (unpaired) electrons. The molecular formula is C22H22ClN7OS. The first-order valence-electron chi connectivity index (χ1n) is 9.99. The van der Waals surface area contributed by atoms with E-state index in [4.69, 9.17) is 17.3 Å². The molecule has 0 atom stereocenters. The molecule has 3 N–H and O–H groups in total. The Hall–Kier alpha value is -3.17. The molecule has 0 saturated heterocycles. The number of para-hydroxylation sites is 1. The second kappa shape index (κ2) is 9.13. The Bertz CT molecular complexity index is 1360. The van der Waals surface area contributed by atoms with E-state index >= 15 is 0 Å². The van der Waals surface area contributed by atoms with Gasteiger partial charge in [0, 0.05) is 16.8 Å². The van der Waals surface area contributed by atoms with Crippen molar-refractivity contribution in [2.45, 2.75) is 37.7 Å². The largest absolute Gasteiger partial charge is 0.368 e. The van der Waals surface area contributed by atoms with Crippen LogP contribution in [0.15, 0.2) is 52.4 Å². The molecule has 0 amide bonds. The molecule has 8 nitrogen and oxygen atoms in total. The highest BCUT2D eigenvalue weighted by molar-refractivity contribution is 7.98. The van der Waals surface area contributed by atoms with Crippen LogP contribution >= 0.6 is 23.4 Å². The highest BCUT2D eigenvalue weighted by Crippen LogP contribution is 2.25. The van der Waals surface area contributed by atoms with Crippen LogP contribution in [0.25, 0.3) is 10.9 Å². The van der Waals surface area contributed by atoms with Crippen LogP contribution in [0.2, 0.25) is 5.02 Å². The van der Waals surface area contributed by atoms with Gasteiger partial charge in [0.1, 0.15) is 5.82 Å². The summed E-state index contributed by atoms with van der Waals surface area (Å²) in [5, 5.41) is 4.80. The van der Waals surface area contributed by atoms with Gasteiger partial charge in [-0.2, -0.15) is 15.0 Å². The minimum Gasteiger partial charge on any atom is -0.368 e. The van der Waals surface area contributed by atoms with Gasteiger partial charge in [-0.15, -0.1) is 0 Å². The van der Waals surface area contributed by atoms with Gasteiger partial charge in [-0.1, -0.05) is 41.6 Å². The van der Waals surface area contributed by atoms with Crippen molar-refractivity contribution in [1.82, 2.24) is 24.5 Å². The quantitative estimate of drug-likeness (QED) is 0.309. The number of nitrogens with one attached hydrogen (secondary N) is 1. The summed E-state index contributed by atoms with van der Waals surface area (Å²) in [4.78, 5) is 30.7. The Morgan fingerprint density at radius 3 is 2.66 bits per heavy atom. The van der Waals surface area contributed by atoms with E-state index in [1.165, 1.54) is 11.8 Å². The van der Waals surface area contributed by atoms with Crippen molar-refractivity contribution in [2.75, 3.05) is 11.1 Å². The van der Waals surface area contributed by atoms with Crippen molar-refractivity contribution >= 4 is 51.8 Å². The lowest BCUT2D eigenvalue weighted by Crippen LogP contribution is -2.25. The van der Waals surface area contributed by atoms with Crippen LogP contribution in [0.1, 0.15) is 31.3 Å². The number of thioether (sulfide) groups is 1. The van der Waals surface area contributed by atoms with Crippen molar-refractivity contribution in [3.8, 4) is 0 Å². The predicted molar refractivity (Wildman–Crippen MR) is 130 cm³/mol. The molecule has 4 aromatic rings. The van der Waals surface area contributed by atoms with Gasteiger partial charge < -0.3 is 11.1 Å². The number of halogens is 1. The van der Waals surface area contributed by atoms with Gasteiger partial charge in [-0.25, -0.2) is 4.98 Å². The van der Waals surface area contributed by atoms with Gasteiger partial charge in [-0.05, 0) is 50.6 Å². The van der Waals surface area contributed by atoms with Crippen molar-refractivity contribution in [2.24, 2.45) is 0 Å². The summed E-state index contributed by atoms with van der Waals surface area (Å²) < 4.78 is 1.66. The van der Waals surface area contributed by atoms with Gasteiger partial charge in [0.05, 0.1) is 16.7 Å². The molecule has 0 aliphatic carbocycles. The molecule has 4 rings (SSSR count). The van der Waals surface area contributed by atoms with Crippen molar-refractivity contribution < 1.29 is 0 Å². The third kappa shape index (κ3) is 4.68. The summed E-state index contributed by atoms with van der Waals surface area (Å²) in [5.74, 6) is 1.32. The number of anilines is 3. The molecule has 0 aliphatic rings. The lowest BCUT2D eigenvalue weighted by Gasteiger charge is -2.16. The van der Waals surface area contributed by atoms with Crippen molar-refractivity contribution in [3.05, 3.63) is 69.2 Å². The van der Waals surface area contributed by atoms with E-state index in [0.29, 0.717) is 38.6 Å². The van der Waals surface area contributed by atoms with Crippen LogP contribution in [-0.2, 0) is 5.75 Å². The maximum atomic E-state index is 13.1. The van der Waals surface area contributed by atoms with Gasteiger partial charge in [0.25, 0.3) is 5.56 Å². The number of nitrogens with two attached hydrogens (primary N) is 1. The topological polar surface area (TPSA) is 112 Å². The Kier molecular flexibility index (Phi) is 6.29. The van der Waals surface area contributed by atoms with E-state index in [1.54, 1.807) is 22.8 Å². The Morgan fingerprint density at radius 2 is 1.91 bits per heavy atom. The van der Waals surface area contributed by atoms with Crippen molar-refractivity contribution in [3.63, 3.8) is 0 Å². The number of fused-ring (bicyclic) bond motifs is 1. The molecule has 0 bridgehead atoms. The zero-order valence-electron chi connectivity index (χ0n) is 17.8. The van der Waals surface area contributed by atoms with Crippen LogP contribution in [0, 0.1) is 6.92 Å². The van der Waals surface area contributed by atoms with Crippen LogP contribution in [0.3, 0.4) is 0 Å². The fraction of sp³-hybridized carbons (Fsp3) is 0.227. The van der Waals surface area contributed by atoms with E-state index in [1.807, 2.05) is 45.0 Å². The van der Waals surface area contributed by atoms with E-state index in [0.717, 1.165) is 11.3 Å². The normalized spacial score (nSPS) is 11.3. The number of aryl methyl sites for hydroxylation is 1. The number of benzene rings is 2. The Morgan fingerprint density at radius 1 is 1.12 bits per heavy atom. The summed E-state index contributed by atoms with van der Waals surface area (Å²) in [6, 6.07) is 12.8. The highest BCUT2D eigenvalue weighted by atomic mass is 35.5. The van der Waals surface area contributed by atoms with Gasteiger partial charge in [-0.3, -0.25) is 9.36 Å². The number of nitrogen functional groups attached to an aromatic ring is 1. The molecular weight excluding hydrogens is 446 g/mol. The van der Waals surface area contributed by atoms with E-state index in [2.05, 4.69) is 25.3 Å². The second-order valence-electron chi connectivity index (χ2n) is 7.49. The summed E-state index contributed by atoms with van der Waals surface area (Å²) in [5.41, 5.74) is 8.31. The maximum Gasteiger partial charge on any atom is 0.262 e. The highest BCUT2D eigenvalue weighted by Gasteiger charge is 2.16. The maximum absolute atomic E-state index is 13.1. The molecule has 32 heavy (non-hydrogen) atoms. The zero-order chi connectivity index (χ0) is 22.8. The first-order chi connectivity index (χ1) is 15.3. The number of rotatable bonds is 6. The fourth-order valence-corrected chi connectivity index (χ4v) is 4.38. The summed E-state index contributed by atoms with van der Waals surface area (Å²) in [6.07, 6.45) is 0. The third-order valence-corrected chi connectivity index (χ3v) is 5.95. The summed E-state index contributed by atoms with van der Waals surface area (Å²) >= 11 is 7.47. The Labute approximate surface area is 194 Å². The molecule has 0 fully saturated rings. The molecule has 2 heterocycles.